The molecule has 0 fully saturated rings. The lowest BCUT2D eigenvalue weighted by Gasteiger charge is -2.10. The fourth-order valence-electron chi connectivity index (χ4n) is 1.50. The maximum atomic E-state index is 13.3. The minimum atomic E-state index is -0.457. The van der Waals surface area contributed by atoms with Crippen LogP contribution in [-0.2, 0) is 6.54 Å². The van der Waals surface area contributed by atoms with Crippen LogP contribution in [0.15, 0.2) is 30.3 Å². The van der Waals surface area contributed by atoms with Gasteiger partial charge in [0, 0.05) is 6.54 Å². The van der Waals surface area contributed by atoms with Crippen molar-refractivity contribution in [1.29, 1.82) is 0 Å². The first-order valence-electron chi connectivity index (χ1n) is 5.29. The summed E-state index contributed by atoms with van der Waals surface area (Å²) in [6.45, 7) is 0.395. The van der Waals surface area contributed by atoms with Gasteiger partial charge in [-0.05, 0) is 29.8 Å². The van der Waals surface area contributed by atoms with Crippen LogP contribution in [0.1, 0.15) is 5.56 Å². The van der Waals surface area contributed by atoms with Crippen LogP contribution >= 0.6 is 46.4 Å². The molecule has 0 aliphatic carbocycles. The average molecular weight is 339 g/mol. The van der Waals surface area contributed by atoms with Crippen molar-refractivity contribution in [2.75, 3.05) is 5.32 Å². The summed E-state index contributed by atoms with van der Waals surface area (Å²) < 4.78 is 13.3. The van der Waals surface area contributed by atoms with Crippen molar-refractivity contribution in [1.82, 2.24) is 0 Å². The summed E-state index contributed by atoms with van der Waals surface area (Å²) >= 11 is 23.4. The number of halogens is 5. The lowest BCUT2D eigenvalue weighted by atomic mass is 10.2. The maximum absolute atomic E-state index is 13.3. The van der Waals surface area contributed by atoms with Gasteiger partial charge in [-0.3, -0.25) is 0 Å². The molecule has 19 heavy (non-hydrogen) atoms. The molecular formula is C13H8Cl4FN. The van der Waals surface area contributed by atoms with Gasteiger partial charge in [-0.15, -0.1) is 0 Å². The van der Waals surface area contributed by atoms with Gasteiger partial charge >= 0.3 is 0 Å². The Kier molecular flexibility index (Phi) is 4.80. The molecule has 2 aromatic rings. The Bertz CT molecular complexity index is 616. The lowest BCUT2D eigenvalue weighted by molar-refractivity contribution is 0.626. The Balaban J connectivity index is 2.14. The van der Waals surface area contributed by atoms with Crippen LogP contribution in [-0.4, -0.2) is 0 Å². The molecule has 2 rings (SSSR count). The van der Waals surface area contributed by atoms with Crippen LogP contribution in [0, 0.1) is 5.82 Å². The van der Waals surface area contributed by atoms with E-state index >= 15 is 0 Å². The zero-order valence-corrected chi connectivity index (χ0v) is 12.5. The summed E-state index contributed by atoms with van der Waals surface area (Å²) in [5.74, 6) is -0.457. The molecule has 0 aliphatic heterocycles. The van der Waals surface area contributed by atoms with Crippen molar-refractivity contribution in [2.24, 2.45) is 0 Å². The van der Waals surface area contributed by atoms with Gasteiger partial charge < -0.3 is 5.32 Å². The van der Waals surface area contributed by atoms with Crippen molar-refractivity contribution in [3.63, 3.8) is 0 Å². The number of hydrogen-bond acceptors (Lipinski definition) is 1. The summed E-state index contributed by atoms with van der Waals surface area (Å²) in [6, 6.07) is 7.77. The third-order valence-corrected chi connectivity index (χ3v) is 3.82. The van der Waals surface area contributed by atoms with Crippen LogP contribution in [0.4, 0.5) is 10.1 Å². The van der Waals surface area contributed by atoms with Crippen LogP contribution in [0.2, 0.25) is 20.1 Å². The van der Waals surface area contributed by atoms with E-state index in [4.69, 9.17) is 46.4 Å². The minimum absolute atomic E-state index is 0.0938. The standard InChI is InChI=1S/C13H8Cl4FN/c14-8-2-1-7(3-12(8)18)6-19-13-5-10(16)9(15)4-11(13)17/h1-5,19H,6H2. The van der Waals surface area contributed by atoms with Crippen molar-refractivity contribution < 1.29 is 4.39 Å². The van der Waals surface area contributed by atoms with E-state index in [-0.39, 0.29) is 5.02 Å². The highest BCUT2D eigenvalue weighted by atomic mass is 35.5. The first-order chi connectivity index (χ1) is 8.97. The number of hydrogen-bond donors (Lipinski definition) is 1. The van der Waals surface area contributed by atoms with Gasteiger partial charge in [-0.25, -0.2) is 4.39 Å². The zero-order chi connectivity index (χ0) is 14.0. The normalized spacial score (nSPS) is 10.6. The second-order valence-corrected chi connectivity index (χ2v) is 5.48. The second kappa shape index (κ2) is 6.19. The maximum Gasteiger partial charge on any atom is 0.142 e. The SMILES string of the molecule is Fc1cc(CNc2cc(Cl)c(Cl)cc2Cl)ccc1Cl. The lowest BCUT2D eigenvalue weighted by Crippen LogP contribution is -2.00. The van der Waals surface area contributed by atoms with Gasteiger partial charge in [-0.2, -0.15) is 0 Å². The van der Waals surface area contributed by atoms with E-state index < -0.39 is 5.82 Å². The predicted molar refractivity (Wildman–Crippen MR) is 80.2 cm³/mol. The third-order valence-electron chi connectivity index (χ3n) is 2.48. The summed E-state index contributed by atoms with van der Waals surface area (Å²) in [4.78, 5) is 0. The highest BCUT2D eigenvalue weighted by molar-refractivity contribution is 6.44. The smallest absolute Gasteiger partial charge is 0.142 e. The molecular weight excluding hydrogens is 331 g/mol. The number of benzene rings is 2. The van der Waals surface area contributed by atoms with E-state index in [0.29, 0.717) is 27.3 Å². The molecule has 0 unspecified atom stereocenters. The number of rotatable bonds is 3. The molecule has 1 nitrogen and oxygen atoms in total. The van der Waals surface area contributed by atoms with E-state index in [0.717, 1.165) is 5.56 Å². The average Bonchev–Trinajstić information content (AvgIpc) is 2.36. The molecule has 0 bridgehead atoms. The first kappa shape index (κ1) is 14.7. The molecule has 0 atom stereocenters. The molecule has 1 N–H and O–H groups in total. The highest BCUT2D eigenvalue weighted by Gasteiger charge is 2.06. The molecule has 0 saturated carbocycles. The monoisotopic (exact) mass is 337 g/mol. The predicted octanol–water partition coefficient (Wildman–Crippen LogP) is 6.05. The Hall–Kier alpha value is -0.670. The van der Waals surface area contributed by atoms with Crippen LogP contribution in [0.25, 0.3) is 0 Å². The molecule has 0 spiro atoms. The fourth-order valence-corrected chi connectivity index (χ4v) is 2.24. The molecule has 0 amide bonds. The van der Waals surface area contributed by atoms with Crippen molar-refractivity contribution in [2.45, 2.75) is 6.54 Å². The summed E-state index contributed by atoms with van der Waals surface area (Å²) in [6.07, 6.45) is 0. The van der Waals surface area contributed by atoms with Gasteiger partial charge in [-0.1, -0.05) is 52.5 Å². The molecule has 2 aromatic carbocycles. The molecule has 100 valence electrons. The van der Waals surface area contributed by atoms with Gasteiger partial charge in [0.15, 0.2) is 0 Å². The van der Waals surface area contributed by atoms with Crippen molar-refractivity contribution in [3.8, 4) is 0 Å². The van der Waals surface area contributed by atoms with Gasteiger partial charge in [0.1, 0.15) is 5.82 Å². The van der Waals surface area contributed by atoms with E-state index in [2.05, 4.69) is 5.32 Å². The van der Waals surface area contributed by atoms with E-state index in [1.807, 2.05) is 0 Å². The Morgan fingerprint density at radius 3 is 2.21 bits per heavy atom. The number of nitrogens with one attached hydrogen (secondary N) is 1. The van der Waals surface area contributed by atoms with Crippen LogP contribution in [0.3, 0.4) is 0 Å². The molecule has 6 heteroatoms. The van der Waals surface area contributed by atoms with Gasteiger partial charge in [0.2, 0.25) is 0 Å². The third kappa shape index (κ3) is 3.67. The molecule has 0 heterocycles. The summed E-state index contributed by atoms with van der Waals surface area (Å²) in [7, 11) is 0. The topological polar surface area (TPSA) is 12.0 Å². The largest absolute Gasteiger partial charge is 0.380 e. The quantitative estimate of drug-likeness (QED) is 0.671. The Labute approximate surface area is 130 Å². The summed E-state index contributed by atoms with van der Waals surface area (Å²) in [5, 5.41) is 4.38. The van der Waals surface area contributed by atoms with E-state index in [9.17, 15) is 4.39 Å². The summed E-state index contributed by atoms with van der Waals surface area (Å²) in [5.41, 5.74) is 1.37. The van der Waals surface area contributed by atoms with Crippen LogP contribution in [0.5, 0.6) is 0 Å². The van der Waals surface area contributed by atoms with Crippen LogP contribution < -0.4 is 5.32 Å². The first-order valence-corrected chi connectivity index (χ1v) is 6.81. The minimum Gasteiger partial charge on any atom is -0.380 e. The van der Waals surface area contributed by atoms with Gasteiger partial charge in [0.25, 0.3) is 0 Å². The van der Waals surface area contributed by atoms with Crippen molar-refractivity contribution >= 4 is 52.1 Å². The molecule has 0 radical (unpaired) electrons. The van der Waals surface area contributed by atoms with E-state index in [1.165, 1.54) is 12.1 Å². The van der Waals surface area contributed by atoms with Crippen molar-refractivity contribution in [3.05, 3.63) is 61.8 Å². The Morgan fingerprint density at radius 1 is 0.842 bits per heavy atom. The molecule has 0 aromatic heterocycles. The molecule has 0 aliphatic rings. The van der Waals surface area contributed by atoms with Gasteiger partial charge in [0.05, 0.1) is 25.8 Å². The fraction of sp³-hybridized carbons (Fsp3) is 0.0769. The Morgan fingerprint density at radius 2 is 1.53 bits per heavy atom. The highest BCUT2D eigenvalue weighted by Crippen LogP contribution is 2.32. The second-order valence-electron chi connectivity index (χ2n) is 3.85. The number of anilines is 1. The van der Waals surface area contributed by atoms with E-state index in [1.54, 1.807) is 18.2 Å². The molecule has 0 saturated heterocycles. The zero-order valence-electron chi connectivity index (χ0n) is 9.48.